The largest absolute Gasteiger partial charge is 0.283 e. The average Bonchev–Trinajstić information content (AvgIpc) is 2.77. The first-order valence-corrected chi connectivity index (χ1v) is 5.62. The van der Waals surface area contributed by atoms with Crippen molar-refractivity contribution in [2.24, 2.45) is 0 Å². The number of H-pyrrole nitrogens is 1. The molecule has 3 rings (SSSR count). The Bertz CT molecular complexity index is 693. The number of rotatable bonds is 1. The minimum atomic E-state index is 0.325. The second kappa shape index (κ2) is 3.98. The van der Waals surface area contributed by atoms with E-state index in [9.17, 15) is 0 Å². The van der Waals surface area contributed by atoms with Crippen molar-refractivity contribution in [3.63, 3.8) is 0 Å². The molecule has 0 aliphatic carbocycles. The van der Waals surface area contributed by atoms with Gasteiger partial charge in [-0.3, -0.25) is 5.10 Å². The van der Waals surface area contributed by atoms with Crippen molar-refractivity contribution in [1.82, 2.24) is 20.2 Å². The molecule has 0 spiro atoms. The third kappa shape index (κ3) is 1.85. The maximum atomic E-state index is 6.03. The number of benzene rings is 1. The molecule has 2 aromatic heterocycles. The maximum absolute atomic E-state index is 6.03. The first-order chi connectivity index (χ1) is 8.24. The predicted octanol–water partition coefficient (Wildman–Crippen LogP) is 3.33. The Hall–Kier alpha value is -1.65. The van der Waals surface area contributed by atoms with Crippen molar-refractivity contribution in [3.05, 3.63) is 40.6 Å². The third-order valence-corrected chi connectivity index (χ3v) is 2.83. The van der Waals surface area contributed by atoms with Gasteiger partial charge in [0.15, 0.2) is 11.0 Å². The van der Waals surface area contributed by atoms with Crippen LogP contribution in [-0.4, -0.2) is 20.2 Å². The van der Waals surface area contributed by atoms with Crippen molar-refractivity contribution < 1.29 is 0 Å². The lowest BCUT2D eigenvalue weighted by molar-refractivity contribution is 1.11. The first-order valence-electron chi connectivity index (χ1n) is 4.87. The van der Waals surface area contributed by atoms with E-state index in [1.807, 2.05) is 12.1 Å². The van der Waals surface area contributed by atoms with Crippen LogP contribution in [0, 0.1) is 0 Å². The molecule has 17 heavy (non-hydrogen) atoms. The van der Waals surface area contributed by atoms with Gasteiger partial charge in [0.05, 0.1) is 0 Å². The monoisotopic (exact) mass is 264 g/mol. The fraction of sp³-hybridized carbons (Fsp3) is 0. The van der Waals surface area contributed by atoms with Crippen LogP contribution in [0.1, 0.15) is 0 Å². The molecule has 6 heteroatoms. The standard InChI is InChI=1S/C11H6Cl2N4/c12-7-3-1-2-6(4-7)11-15-8-5-14-17-9(8)10(13)16-11/h1-5H,(H,14,17). The summed E-state index contributed by atoms with van der Waals surface area (Å²) in [7, 11) is 0. The van der Waals surface area contributed by atoms with E-state index >= 15 is 0 Å². The maximum Gasteiger partial charge on any atom is 0.161 e. The fourth-order valence-corrected chi connectivity index (χ4v) is 1.97. The van der Waals surface area contributed by atoms with Crippen LogP contribution in [0.5, 0.6) is 0 Å². The Morgan fingerprint density at radius 1 is 1.12 bits per heavy atom. The number of nitrogens with one attached hydrogen (secondary N) is 1. The van der Waals surface area contributed by atoms with E-state index in [4.69, 9.17) is 23.2 Å². The highest BCUT2D eigenvalue weighted by Gasteiger charge is 2.09. The molecular weight excluding hydrogens is 259 g/mol. The van der Waals surface area contributed by atoms with Crippen molar-refractivity contribution in [2.75, 3.05) is 0 Å². The van der Waals surface area contributed by atoms with Gasteiger partial charge in [-0.05, 0) is 12.1 Å². The second-order valence-electron chi connectivity index (χ2n) is 3.47. The first kappa shape index (κ1) is 10.5. The molecule has 0 amide bonds. The summed E-state index contributed by atoms with van der Waals surface area (Å²) >= 11 is 12.0. The van der Waals surface area contributed by atoms with Gasteiger partial charge in [0.1, 0.15) is 11.0 Å². The van der Waals surface area contributed by atoms with E-state index in [0.29, 0.717) is 27.0 Å². The quantitative estimate of drug-likeness (QED) is 0.686. The zero-order valence-corrected chi connectivity index (χ0v) is 10.00. The topological polar surface area (TPSA) is 54.5 Å². The van der Waals surface area contributed by atoms with E-state index in [1.54, 1.807) is 18.3 Å². The molecule has 1 aromatic carbocycles. The second-order valence-corrected chi connectivity index (χ2v) is 4.26. The highest BCUT2D eigenvalue weighted by Crippen LogP contribution is 2.24. The van der Waals surface area contributed by atoms with Crippen LogP contribution in [0.15, 0.2) is 30.5 Å². The van der Waals surface area contributed by atoms with Gasteiger partial charge in [-0.1, -0.05) is 35.3 Å². The Balaban J connectivity index is 2.23. The molecule has 0 atom stereocenters. The van der Waals surface area contributed by atoms with E-state index in [-0.39, 0.29) is 0 Å². The zero-order valence-electron chi connectivity index (χ0n) is 8.48. The van der Waals surface area contributed by atoms with Gasteiger partial charge in [-0.15, -0.1) is 0 Å². The van der Waals surface area contributed by atoms with Gasteiger partial charge in [-0.2, -0.15) is 5.10 Å². The lowest BCUT2D eigenvalue weighted by atomic mass is 10.2. The highest BCUT2D eigenvalue weighted by atomic mass is 35.5. The molecule has 1 N–H and O–H groups in total. The van der Waals surface area contributed by atoms with Crippen LogP contribution >= 0.6 is 23.2 Å². The summed E-state index contributed by atoms with van der Waals surface area (Å²) in [4.78, 5) is 8.56. The molecule has 0 fully saturated rings. The van der Waals surface area contributed by atoms with Gasteiger partial charge >= 0.3 is 0 Å². The van der Waals surface area contributed by atoms with Gasteiger partial charge in [0.2, 0.25) is 0 Å². The number of nitrogens with zero attached hydrogens (tertiary/aromatic N) is 3. The molecule has 2 heterocycles. The Kier molecular flexibility index (Phi) is 2.46. The van der Waals surface area contributed by atoms with E-state index < -0.39 is 0 Å². The lowest BCUT2D eigenvalue weighted by Gasteiger charge is -2.01. The molecule has 0 radical (unpaired) electrons. The number of halogens is 2. The molecule has 0 unspecified atom stereocenters. The number of hydrogen-bond donors (Lipinski definition) is 1. The van der Waals surface area contributed by atoms with E-state index in [0.717, 1.165) is 5.56 Å². The van der Waals surface area contributed by atoms with Crippen LogP contribution in [0.4, 0.5) is 0 Å². The predicted molar refractivity (Wildman–Crippen MR) is 67.1 cm³/mol. The SMILES string of the molecule is Clc1cccc(-c2nc(Cl)c3n[nH]cc3n2)c1. The summed E-state index contributed by atoms with van der Waals surface area (Å²) in [6, 6.07) is 7.31. The van der Waals surface area contributed by atoms with Crippen molar-refractivity contribution >= 4 is 34.2 Å². The number of fused-ring (bicyclic) bond motifs is 1. The zero-order chi connectivity index (χ0) is 11.8. The van der Waals surface area contributed by atoms with Crippen LogP contribution < -0.4 is 0 Å². The smallest absolute Gasteiger partial charge is 0.161 e. The summed E-state index contributed by atoms with van der Waals surface area (Å²) in [5, 5.41) is 7.63. The Morgan fingerprint density at radius 3 is 2.82 bits per heavy atom. The van der Waals surface area contributed by atoms with Crippen LogP contribution in [-0.2, 0) is 0 Å². The summed E-state index contributed by atoms with van der Waals surface area (Å²) in [5.41, 5.74) is 2.07. The normalized spacial score (nSPS) is 10.9. The highest BCUT2D eigenvalue weighted by molar-refractivity contribution is 6.33. The van der Waals surface area contributed by atoms with E-state index in [1.165, 1.54) is 0 Å². The minimum absolute atomic E-state index is 0.325. The minimum Gasteiger partial charge on any atom is -0.283 e. The number of aromatic amines is 1. The molecule has 0 saturated heterocycles. The van der Waals surface area contributed by atoms with Gasteiger partial charge in [0.25, 0.3) is 0 Å². The number of hydrogen-bond acceptors (Lipinski definition) is 3. The molecule has 0 aliphatic heterocycles. The average molecular weight is 265 g/mol. The molecular formula is C11H6Cl2N4. The van der Waals surface area contributed by atoms with Crippen molar-refractivity contribution in [2.45, 2.75) is 0 Å². The molecule has 84 valence electrons. The Labute approximate surface area is 107 Å². The lowest BCUT2D eigenvalue weighted by Crippen LogP contribution is -1.90. The third-order valence-electron chi connectivity index (χ3n) is 2.33. The van der Waals surface area contributed by atoms with Gasteiger partial charge in [-0.25, -0.2) is 9.97 Å². The Morgan fingerprint density at radius 2 is 2.00 bits per heavy atom. The number of aromatic nitrogens is 4. The summed E-state index contributed by atoms with van der Waals surface area (Å²) < 4.78 is 0. The van der Waals surface area contributed by atoms with Gasteiger partial charge in [0, 0.05) is 16.8 Å². The van der Waals surface area contributed by atoms with Crippen molar-refractivity contribution in [1.29, 1.82) is 0 Å². The van der Waals surface area contributed by atoms with Crippen LogP contribution in [0.25, 0.3) is 22.4 Å². The summed E-state index contributed by atoms with van der Waals surface area (Å²) in [6.45, 7) is 0. The fourth-order valence-electron chi connectivity index (χ4n) is 1.56. The van der Waals surface area contributed by atoms with E-state index in [2.05, 4.69) is 20.2 Å². The van der Waals surface area contributed by atoms with Gasteiger partial charge < -0.3 is 0 Å². The van der Waals surface area contributed by atoms with Crippen molar-refractivity contribution in [3.8, 4) is 11.4 Å². The molecule has 0 saturated carbocycles. The molecule has 3 aromatic rings. The summed E-state index contributed by atoms with van der Waals surface area (Å²) in [5.74, 6) is 0.534. The summed E-state index contributed by atoms with van der Waals surface area (Å²) in [6.07, 6.45) is 1.68. The molecule has 0 bridgehead atoms. The van der Waals surface area contributed by atoms with Crippen LogP contribution in [0.2, 0.25) is 10.2 Å². The molecule has 4 nitrogen and oxygen atoms in total. The molecule has 0 aliphatic rings. The van der Waals surface area contributed by atoms with Crippen LogP contribution in [0.3, 0.4) is 0 Å².